The molecule has 0 aliphatic heterocycles. The number of hydrogen-bond donors (Lipinski definition) is 1. The quantitative estimate of drug-likeness (QED) is 0.906. The molecule has 1 amide bonds. The third-order valence-corrected chi connectivity index (χ3v) is 4.59. The lowest BCUT2D eigenvalue weighted by Gasteiger charge is -2.23. The predicted octanol–water partition coefficient (Wildman–Crippen LogP) is 3.36. The largest absolute Gasteiger partial charge is 0.463 e. The molecule has 21 heavy (non-hydrogen) atoms. The van der Waals surface area contributed by atoms with Crippen LogP contribution in [0.4, 0.5) is 4.79 Å². The van der Waals surface area contributed by atoms with Crippen molar-refractivity contribution < 1.29 is 14.7 Å². The van der Waals surface area contributed by atoms with Crippen molar-refractivity contribution in [3.63, 3.8) is 0 Å². The average molecular weight is 312 g/mol. The summed E-state index contributed by atoms with van der Waals surface area (Å²) in [6.45, 7) is 9.90. The van der Waals surface area contributed by atoms with Crippen LogP contribution in [-0.2, 0) is 23.2 Å². The molecule has 0 radical (unpaired) electrons. The molecule has 1 N–H and O–H groups in total. The second kappa shape index (κ2) is 7.02. The van der Waals surface area contributed by atoms with E-state index in [1.807, 2.05) is 0 Å². The molecule has 0 unspecified atom stereocenters. The van der Waals surface area contributed by atoms with Crippen molar-refractivity contribution in [2.75, 3.05) is 0 Å². The van der Waals surface area contributed by atoms with Gasteiger partial charge in [-0.05, 0) is 58.5 Å². The zero-order valence-electron chi connectivity index (χ0n) is 13.4. The van der Waals surface area contributed by atoms with Crippen LogP contribution >= 0.6 is 11.5 Å². The molecule has 1 heterocycles. The molecule has 1 rings (SSSR count). The fourth-order valence-electron chi connectivity index (χ4n) is 2.28. The Morgan fingerprint density at radius 1 is 1.33 bits per heavy atom. The number of Topliss-reactive ketones (excluding diaryl/α,β-unsaturated/α-hetero) is 1. The SMILES string of the molecule is CCc1c(CCCC(C)=O)c(=NC(=O)O)sn1C(C)(C)C. The highest BCUT2D eigenvalue weighted by Gasteiger charge is 2.21. The Morgan fingerprint density at radius 2 is 1.95 bits per heavy atom. The summed E-state index contributed by atoms with van der Waals surface area (Å²) in [7, 11) is 0. The van der Waals surface area contributed by atoms with Crippen LogP contribution in [0.5, 0.6) is 0 Å². The summed E-state index contributed by atoms with van der Waals surface area (Å²) in [6.07, 6.45) is 1.58. The van der Waals surface area contributed by atoms with Crippen molar-refractivity contribution in [2.24, 2.45) is 4.99 Å². The molecule has 118 valence electrons. The summed E-state index contributed by atoms with van der Waals surface area (Å²) in [5, 5.41) is 8.96. The Balaban J connectivity index is 3.32. The van der Waals surface area contributed by atoms with E-state index in [0.29, 0.717) is 17.5 Å². The first-order valence-electron chi connectivity index (χ1n) is 7.18. The van der Waals surface area contributed by atoms with Gasteiger partial charge < -0.3 is 9.90 Å². The second-order valence-electron chi connectivity index (χ2n) is 6.09. The van der Waals surface area contributed by atoms with Crippen molar-refractivity contribution in [3.05, 3.63) is 15.9 Å². The second-order valence-corrected chi connectivity index (χ2v) is 7.02. The third-order valence-electron chi connectivity index (χ3n) is 3.13. The molecule has 0 aromatic carbocycles. The predicted molar refractivity (Wildman–Crippen MR) is 83.9 cm³/mol. The Kier molecular flexibility index (Phi) is 5.89. The van der Waals surface area contributed by atoms with Gasteiger partial charge in [0.1, 0.15) is 10.5 Å². The Hall–Kier alpha value is -1.43. The van der Waals surface area contributed by atoms with E-state index in [2.05, 4.69) is 36.6 Å². The number of hydrogen-bond acceptors (Lipinski definition) is 3. The van der Waals surface area contributed by atoms with E-state index >= 15 is 0 Å². The highest BCUT2D eigenvalue weighted by molar-refractivity contribution is 7.04. The number of carbonyl (C=O) groups excluding carboxylic acids is 1. The number of ketones is 1. The van der Waals surface area contributed by atoms with Gasteiger partial charge in [-0.1, -0.05) is 6.92 Å². The molecule has 6 heteroatoms. The number of carbonyl (C=O) groups is 2. The van der Waals surface area contributed by atoms with E-state index in [4.69, 9.17) is 5.11 Å². The maximum atomic E-state index is 11.1. The average Bonchev–Trinajstić information content (AvgIpc) is 2.66. The molecule has 5 nitrogen and oxygen atoms in total. The van der Waals surface area contributed by atoms with Crippen molar-refractivity contribution in [2.45, 2.75) is 65.8 Å². The van der Waals surface area contributed by atoms with Crippen molar-refractivity contribution >= 4 is 23.4 Å². The molecule has 0 aliphatic carbocycles. The zero-order valence-corrected chi connectivity index (χ0v) is 14.2. The van der Waals surface area contributed by atoms with Crippen molar-refractivity contribution in [1.29, 1.82) is 0 Å². The minimum Gasteiger partial charge on any atom is -0.463 e. The fraction of sp³-hybridized carbons (Fsp3) is 0.667. The summed E-state index contributed by atoms with van der Waals surface area (Å²) in [4.78, 5) is 25.8. The van der Waals surface area contributed by atoms with E-state index < -0.39 is 6.09 Å². The topological polar surface area (TPSA) is 71.7 Å². The molecular formula is C15H24N2O3S. The first-order valence-corrected chi connectivity index (χ1v) is 7.95. The van der Waals surface area contributed by atoms with Gasteiger partial charge in [-0.2, -0.15) is 4.99 Å². The van der Waals surface area contributed by atoms with Gasteiger partial charge in [0.2, 0.25) is 0 Å². The van der Waals surface area contributed by atoms with Gasteiger partial charge in [-0.3, -0.25) is 3.96 Å². The van der Waals surface area contributed by atoms with Crippen LogP contribution in [0.25, 0.3) is 0 Å². The summed E-state index contributed by atoms with van der Waals surface area (Å²) in [5.74, 6) is 0.156. The van der Waals surface area contributed by atoms with Crippen LogP contribution < -0.4 is 4.67 Å². The number of aromatic nitrogens is 1. The first-order chi connectivity index (χ1) is 9.66. The molecule has 0 aliphatic rings. The van der Waals surface area contributed by atoms with E-state index in [0.717, 1.165) is 24.1 Å². The van der Waals surface area contributed by atoms with Crippen LogP contribution in [0, 0.1) is 0 Å². The molecule has 0 saturated heterocycles. The van der Waals surface area contributed by atoms with Crippen molar-refractivity contribution in [3.8, 4) is 0 Å². The van der Waals surface area contributed by atoms with Gasteiger partial charge >= 0.3 is 6.09 Å². The summed E-state index contributed by atoms with van der Waals surface area (Å²) in [5.41, 5.74) is 1.98. The van der Waals surface area contributed by atoms with Crippen LogP contribution in [-0.4, -0.2) is 20.9 Å². The van der Waals surface area contributed by atoms with Gasteiger partial charge in [-0.15, -0.1) is 0 Å². The molecule has 0 fully saturated rings. The minimum absolute atomic E-state index is 0.113. The maximum Gasteiger partial charge on any atom is 0.432 e. The smallest absolute Gasteiger partial charge is 0.432 e. The van der Waals surface area contributed by atoms with Crippen LogP contribution in [0.2, 0.25) is 0 Å². The van der Waals surface area contributed by atoms with Gasteiger partial charge in [0.15, 0.2) is 0 Å². The lowest BCUT2D eigenvalue weighted by atomic mass is 10.0. The fourth-order valence-corrected chi connectivity index (χ4v) is 3.53. The molecule has 1 aromatic heterocycles. The van der Waals surface area contributed by atoms with Gasteiger partial charge in [0.05, 0.1) is 0 Å². The Morgan fingerprint density at radius 3 is 2.38 bits per heavy atom. The summed E-state index contributed by atoms with van der Waals surface area (Å²) in [6, 6.07) is 0. The van der Waals surface area contributed by atoms with Gasteiger partial charge in [0, 0.05) is 23.2 Å². The maximum absolute atomic E-state index is 11.1. The highest BCUT2D eigenvalue weighted by atomic mass is 32.1. The lowest BCUT2D eigenvalue weighted by molar-refractivity contribution is -0.117. The van der Waals surface area contributed by atoms with Gasteiger partial charge in [0.25, 0.3) is 0 Å². The van der Waals surface area contributed by atoms with Crippen LogP contribution in [0.3, 0.4) is 0 Å². The monoisotopic (exact) mass is 312 g/mol. The molecule has 0 bridgehead atoms. The molecular weight excluding hydrogens is 288 g/mol. The van der Waals surface area contributed by atoms with E-state index in [1.54, 1.807) is 6.92 Å². The Bertz CT molecular complexity index is 591. The highest BCUT2D eigenvalue weighted by Crippen LogP contribution is 2.23. The van der Waals surface area contributed by atoms with E-state index in [-0.39, 0.29) is 11.3 Å². The van der Waals surface area contributed by atoms with Crippen molar-refractivity contribution in [1.82, 2.24) is 3.96 Å². The molecule has 0 spiro atoms. The number of carboxylic acid groups (broad SMARTS) is 1. The number of amides is 1. The summed E-state index contributed by atoms with van der Waals surface area (Å²) >= 11 is 1.39. The van der Waals surface area contributed by atoms with Crippen LogP contribution in [0.1, 0.15) is 58.7 Å². The number of rotatable bonds is 5. The van der Waals surface area contributed by atoms with E-state index in [9.17, 15) is 9.59 Å². The van der Waals surface area contributed by atoms with E-state index in [1.165, 1.54) is 11.5 Å². The number of nitrogens with zero attached hydrogens (tertiary/aromatic N) is 2. The normalized spacial score (nSPS) is 12.7. The zero-order chi connectivity index (χ0) is 16.2. The standard InChI is InChI=1S/C15H24N2O3S/c1-6-12-11(9-7-8-10(2)18)13(16-14(19)20)21-17(12)15(3,4)5/h6-9H2,1-5H3,(H,19,20). The minimum atomic E-state index is -1.17. The third kappa shape index (κ3) is 4.81. The first kappa shape index (κ1) is 17.6. The van der Waals surface area contributed by atoms with Crippen LogP contribution in [0.15, 0.2) is 4.99 Å². The molecule has 1 aromatic rings. The lowest BCUT2D eigenvalue weighted by Crippen LogP contribution is -2.21. The Labute approximate surface area is 129 Å². The molecule has 0 saturated carbocycles. The van der Waals surface area contributed by atoms with Gasteiger partial charge in [-0.25, -0.2) is 4.79 Å². The summed E-state index contributed by atoms with van der Waals surface area (Å²) < 4.78 is 2.69. The molecule has 0 atom stereocenters.